The number of piperidine rings is 1. The predicted octanol–water partition coefficient (Wildman–Crippen LogP) is 5.57. The molecule has 2 fully saturated rings. The van der Waals surface area contributed by atoms with Crippen molar-refractivity contribution in [1.29, 1.82) is 0 Å². The fourth-order valence-electron chi connectivity index (χ4n) is 4.54. The van der Waals surface area contributed by atoms with Crippen LogP contribution in [-0.2, 0) is 4.79 Å². The first kappa shape index (κ1) is 22.3. The Balaban J connectivity index is 1.22. The number of hydrogen-bond donors (Lipinski definition) is 2. The van der Waals surface area contributed by atoms with Gasteiger partial charge in [0.25, 0.3) is 5.91 Å². The van der Waals surface area contributed by atoms with Crippen LogP contribution in [0.5, 0.6) is 0 Å². The van der Waals surface area contributed by atoms with Crippen molar-refractivity contribution >= 4 is 55.8 Å². The van der Waals surface area contributed by atoms with E-state index in [1.165, 1.54) is 30.6 Å². The second kappa shape index (κ2) is 9.41. The van der Waals surface area contributed by atoms with E-state index in [0.717, 1.165) is 41.8 Å². The molecule has 2 N–H and O–H groups in total. The SMILES string of the molecule is Cc1cccc(Cl)c1NC(=O)c1ccc2nc(NC(=O)[C@@H]3C[C@H]3CN3CCCCC3)sc2c1. The average molecular weight is 483 g/mol. The van der Waals surface area contributed by atoms with Crippen LogP contribution in [0.2, 0.25) is 5.02 Å². The summed E-state index contributed by atoms with van der Waals surface area (Å²) in [5.41, 5.74) is 2.80. The molecule has 33 heavy (non-hydrogen) atoms. The maximum Gasteiger partial charge on any atom is 0.255 e. The maximum absolute atomic E-state index is 12.8. The number of likely N-dealkylation sites (tertiary alicyclic amines) is 1. The molecule has 0 radical (unpaired) electrons. The van der Waals surface area contributed by atoms with Crippen molar-refractivity contribution in [3.63, 3.8) is 0 Å². The third-order valence-corrected chi connectivity index (χ3v) is 7.79. The van der Waals surface area contributed by atoms with Crippen LogP contribution >= 0.6 is 22.9 Å². The molecule has 0 bridgehead atoms. The Bertz CT molecular complexity index is 1180. The lowest BCUT2D eigenvalue weighted by atomic mass is 10.1. The molecule has 6 nitrogen and oxygen atoms in total. The third kappa shape index (κ3) is 5.05. The Morgan fingerprint density at radius 2 is 1.97 bits per heavy atom. The van der Waals surface area contributed by atoms with Gasteiger partial charge in [0.15, 0.2) is 5.13 Å². The van der Waals surface area contributed by atoms with Gasteiger partial charge < -0.3 is 15.5 Å². The first-order chi connectivity index (χ1) is 16.0. The summed E-state index contributed by atoms with van der Waals surface area (Å²) < 4.78 is 0.856. The summed E-state index contributed by atoms with van der Waals surface area (Å²) in [6.07, 6.45) is 4.82. The Labute approximate surface area is 202 Å². The van der Waals surface area contributed by atoms with Gasteiger partial charge in [-0.1, -0.05) is 41.5 Å². The first-order valence-corrected chi connectivity index (χ1v) is 12.7. The maximum atomic E-state index is 12.8. The van der Waals surface area contributed by atoms with Crippen LogP contribution in [0.4, 0.5) is 10.8 Å². The fraction of sp³-hybridized carbons (Fsp3) is 0.400. The lowest BCUT2D eigenvalue weighted by molar-refractivity contribution is -0.117. The molecule has 1 saturated heterocycles. The van der Waals surface area contributed by atoms with Gasteiger partial charge in [0.2, 0.25) is 5.91 Å². The number of thiazole rings is 1. The lowest BCUT2D eigenvalue weighted by Crippen LogP contribution is -2.32. The highest BCUT2D eigenvalue weighted by Gasteiger charge is 2.43. The second-order valence-electron chi connectivity index (χ2n) is 9.04. The molecule has 2 atom stereocenters. The molecule has 0 spiro atoms. The summed E-state index contributed by atoms with van der Waals surface area (Å²) in [4.78, 5) is 32.5. The summed E-state index contributed by atoms with van der Waals surface area (Å²) in [5, 5.41) is 6.98. The topological polar surface area (TPSA) is 74.3 Å². The number of carbonyl (C=O) groups excluding carboxylic acids is 2. The molecule has 1 saturated carbocycles. The van der Waals surface area contributed by atoms with E-state index in [4.69, 9.17) is 11.6 Å². The van der Waals surface area contributed by atoms with E-state index in [0.29, 0.717) is 27.3 Å². The Kier molecular flexibility index (Phi) is 6.36. The molecule has 172 valence electrons. The van der Waals surface area contributed by atoms with Gasteiger partial charge >= 0.3 is 0 Å². The molecule has 1 aliphatic heterocycles. The second-order valence-corrected chi connectivity index (χ2v) is 10.5. The molecule has 2 aliphatic rings. The minimum absolute atomic E-state index is 0.0585. The van der Waals surface area contributed by atoms with Crippen molar-refractivity contribution in [2.75, 3.05) is 30.3 Å². The number of fused-ring (bicyclic) bond motifs is 1. The van der Waals surface area contributed by atoms with Crippen molar-refractivity contribution in [2.24, 2.45) is 11.8 Å². The van der Waals surface area contributed by atoms with E-state index in [1.807, 2.05) is 25.1 Å². The van der Waals surface area contributed by atoms with Gasteiger partial charge in [0.05, 0.1) is 20.9 Å². The number of hydrogen-bond acceptors (Lipinski definition) is 5. The van der Waals surface area contributed by atoms with Crippen LogP contribution in [0.25, 0.3) is 10.2 Å². The van der Waals surface area contributed by atoms with Gasteiger partial charge in [-0.25, -0.2) is 4.98 Å². The summed E-state index contributed by atoms with van der Waals surface area (Å²) in [5.74, 6) is 0.369. The number of carbonyl (C=O) groups is 2. The third-order valence-electron chi connectivity index (χ3n) is 6.54. The van der Waals surface area contributed by atoms with Crippen molar-refractivity contribution in [1.82, 2.24) is 9.88 Å². The Morgan fingerprint density at radius 1 is 1.15 bits per heavy atom. The number of aryl methyl sites for hydroxylation is 1. The molecule has 0 unspecified atom stereocenters. The molecule has 5 rings (SSSR count). The molecule has 1 aliphatic carbocycles. The zero-order chi connectivity index (χ0) is 22.9. The van der Waals surface area contributed by atoms with Gasteiger partial charge in [-0.15, -0.1) is 0 Å². The molecule has 2 heterocycles. The van der Waals surface area contributed by atoms with E-state index in [-0.39, 0.29) is 17.7 Å². The summed E-state index contributed by atoms with van der Waals surface area (Å²) >= 11 is 7.63. The summed E-state index contributed by atoms with van der Waals surface area (Å²) in [7, 11) is 0. The number of aromatic nitrogens is 1. The highest BCUT2D eigenvalue weighted by atomic mass is 35.5. The Morgan fingerprint density at radius 3 is 2.76 bits per heavy atom. The normalized spacial score (nSPS) is 20.5. The largest absolute Gasteiger partial charge is 0.320 e. The number of nitrogens with one attached hydrogen (secondary N) is 2. The minimum Gasteiger partial charge on any atom is -0.320 e. The molecule has 2 amide bonds. The van der Waals surface area contributed by atoms with Crippen molar-refractivity contribution < 1.29 is 9.59 Å². The standard InChI is InChI=1S/C25H27ClN4O2S/c1-15-6-5-7-19(26)22(15)28-23(31)16-8-9-20-21(13-16)33-25(27-20)29-24(32)18-12-17(18)14-30-10-3-2-4-11-30/h5-9,13,17-18H,2-4,10-12,14H2,1H3,(H,28,31)(H,27,29,32)/t17-,18+/m0/s1. The quantitative estimate of drug-likeness (QED) is 0.481. The van der Waals surface area contributed by atoms with Crippen LogP contribution in [-0.4, -0.2) is 41.3 Å². The van der Waals surface area contributed by atoms with E-state index in [1.54, 1.807) is 18.2 Å². The molecule has 3 aromatic rings. The molecule has 8 heteroatoms. The number of halogens is 1. The highest BCUT2D eigenvalue weighted by Crippen LogP contribution is 2.41. The van der Waals surface area contributed by atoms with Crippen molar-refractivity contribution in [3.05, 3.63) is 52.5 Å². The van der Waals surface area contributed by atoms with Crippen LogP contribution < -0.4 is 10.6 Å². The average Bonchev–Trinajstić information content (AvgIpc) is 3.45. The lowest BCUT2D eigenvalue weighted by Gasteiger charge is -2.26. The van der Waals surface area contributed by atoms with Gasteiger partial charge in [-0.3, -0.25) is 9.59 Å². The smallest absolute Gasteiger partial charge is 0.255 e. The van der Waals surface area contributed by atoms with Gasteiger partial charge in [0.1, 0.15) is 0 Å². The number of amides is 2. The van der Waals surface area contributed by atoms with Gasteiger partial charge in [-0.2, -0.15) is 0 Å². The summed E-state index contributed by atoms with van der Waals surface area (Å²) in [6.45, 7) is 5.25. The number of nitrogens with zero attached hydrogens (tertiary/aromatic N) is 2. The van der Waals surface area contributed by atoms with Crippen LogP contribution in [0, 0.1) is 18.8 Å². The molecular weight excluding hydrogens is 456 g/mol. The van der Waals surface area contributed by atoms with Crippen molar-refractivity contribution in [2.45, 2.75) is 32.6 Å². The van der Waals surface area contributed by atoms with Crippen LogP contribution in [0.1, 0.15) is 41.6 Å². The monoisotopic (exact) mass is 482 g/mol. The Hall–Kier alpha value is -2.48. The van der Waals surface area contributed by atoms with Gasteiger partial charge in [0, 0.05) is 18.0 Å². The number of rotatable bonds is 6. The molecule has 2 aromatic carbocycles. The first-order valence-electron chi connectivity index (χ1n) is 11.5. The van der Waals surface area contributed by atoms with E-state index < -0.39 is 0 Å². The number of para-hydroxylation sites is 1. The zero-order valence-corrected chi connectivity index (χ0v) is 20.1. The van der Waals surface area contributed by atoms with Crippen molar-refractivity contribution in [3.8, 4) is 0 Å². The van der Waals surface area contributed by atoms with Crippen LogP contribution in [0.3, 0.4) is 0 Å². The zero-order valence-electron chi connectivity index (χ0n) is 18.6. The fourth-order valence-corrected chi connectivity index (χ4v) is 5.71. The van der Waals surface area contributed by atoms with E-state index in [2.05, 4.69) is 20.5 Å². The molecular formula is C25H27ClN4O2S. The highest BCUT2D eigenvalue weighted by molar-refractivity contribution is 7.22. The van der Waals surface area contributed by atoms with E-state index in [9.17, 15) is 9.59 Å². The van der Waals surface area contributed by atoms with Gasteiger partial charge in [-0.05, 0) is 75.0 Å². The summed E-state index contributed by atoms with van der Waals surface area (Å²) in [6, 6.07) is 10.9. The van der Waals surface area contributed by atoms with Crippen LogP contribution in [0.15, 0.2) is 36.4 Å². The molecule has 1 aromatic heterocycles. The number of benzene rings is 2. The number of anilines is 2. The minimum atomic E-state index is -0.231. The van der Waals surface area contributed by atoms with E-state index >= 15 is 0 Å². The predicted molar refractivity (Wildman–Crippen MR) is 134 cm³/mol.